The van der Waals surface area contributed by atoms with Crippen molar-refractivity contribution in [3.8, 4) is 0 Å². The molecule has 1 saturated heterocycles. The summed E-state index contributed by atoms with van der Waals surface area (Å²) >= 11 is 0. The summed E-state index contributed by atoms with van der Waals surface area (Å²) in [5, 5.41) is 0. The Bertz CT molecular complexity index is 376. The first-order valence-electron chi connectivity index (χ1n) is 6.12. The number of anilines is 2. The van der Waals surface area contributed by atoms with Gasteiger partial charge < -0.3 is 15.4 Å². The molecule has 1 aromatic carbocycles. The fourth-order valence-electron chi connectivity index (χ4n) is 2.28. The molecule has 1 aliphatic heterocycles. The Kier molecular flexibility index (Phi) is 3.84. The van der Waals surface area contributed by atoms with Crippen LogP contribution in [0.4, 0.5) is 15.8 Å². The number of hydrogen-bond acceptors (Lipinski definition) is 3. The zero-order valence-electron chi connectivity index (χ0n) is 10.2. The van der Waals surface area contributed by atoms with Crippen molar-refractivity contribution in [2.24, 2.45) is 0 Å². The third-order valence-electron chi connectivity index (χ3n) is 3.16. The largest absolute Gasteiger partial charge is 0.399 e. The molecular weight excluding hydrogens is 219 g/mol. The molecular formula is C13H19FN2O. The van der Waals surface area contributed by atoms with Crippen LogP contribution in [0, 0.1) is 5.82 Å². The van der Waals surface area contributed by atoms with E-state index >= 15 is 0 Å². The molecule has 17 heavy (non-hydrogen) atoms. The van der Waals surface area contributed by atoms with Gasteiger partial charge in [-0.3, -0.25) is 0 Å². The Morgan fingerprint density at radius 3 is 2.71 bits per heavy atom. The molecule has 0 amide bonds. The van der Waals surface area contributed by atoms with Gasteiger partial charge in [0.05, 0.1) is 11.8 Å². The van der Waals surface area contributed by atoms with Gasteiger partial charge in [-0.25, -0.2) is 4.39 Å². The van der Waals surface area contributed by atoms with Gasteiger partial charge in [0.15, 0.2) is 0 Å². The Morgan fingerprint density at radius 2 is 2.12 bits per heavy atom. The molecule has 2 N–H and O–H groups in total. The van der Waals surface area contributed by atoms with E-state index in [2.05, 4.69) is 4.90 Å². The minimum absolute atomic E-state index is 0.236. The molecule has 0 aromatic heterocycles. The average molecular weight is 238 g/mol. The summed E-state index contributed by atoms with van der Waals surface area (Å²) in [6, 6.07) is 4.88. The highest BCUT2D eigenvalue weighted by atomic mass is 19.1. The van der Waals surface area contributed by atoms with Crippen molar-refractivity contribution in [3.63, 3.8) is 0 Å². The zero-order valence-corrected chi connectivity index (χ0v) is 10.2. The quantitative estimate of drug-likeness (QED) is 0.822. The topological polar surface area (TPSA) is 38.5 Å². The van der Waals surface area contributed by atoms with Crippen LogP contribution in [0.2, 0.25) is 0 Å². The number of piperidine rings is 1. The lowest BCUT2D eigenvalue weighted by molar-refractivity contribution is 0.0458. The number of halogens is 1. The van der Waals surface area contributed by atoms with E-state index in [1.54, 1.807) is 12.1 Å². The molecule has 0 bridgehead atoms. The van der Waals surface area contributed by atoms with Gasteiger partial charge in [0.25, 0.3) is 0 Å². The molecule has 4 heteroatoms. The maximum absolute atomic E-state index is 13.7. The molecule has 1 aromatic rings. The van der Waals surface area contributed by atoms with Crippen LogP contribution in [0.25, 0.3) is 0 Å². The standard InChI is InChI=1S/C13H19FN2O/c1-2-17-11-5-7-16(8-6-11)13-4-3-10(15)9-12(13)14/h3-4,9,11H,2,5-8,15H2,1H3. The minimum atomic E-state index is -0.236. The fraction of sp³-hybridized carbons (Fsp3) is 0.538. The van der Waals surface area contributed by atoms with Gasteiger partial charge in [-0.1, -0.05) is 0 Å². The monoisotopic (exact) mass is 238 g/mol. The van der Waals surface area contributed by atoms with Crippen molar-refractivity contribution in [2.45, 2.75) is 25.9 Å². The summed E-state index contributed by atoms with van der Waals surface area (Å²) in [5.41, 5.74) is 6.66. The highest BCUT2D eigenvalue weighted by Crippen LogP contribution is 2.25. The summed E-state index contributed by atoms with van der Waals surface area (Å²) in [6.07, 6.45) is 2.24. The summed E-state index contributed by atoms with van der Waals surface area (Å²) in [5.74, 6) is -0.236. The van der Waals surface area contributed by atoms with Crippen LogP contribution < -0.4 is 10.6 Å². The van der Waals surface area contributed by atoms with Crippen molar-refractivity contribution < 1.29 is 9.13 Å². The zero-order chi connectivity index (χ0) is 12.3. The predicted molar refractivity (Wildman–Crippen MR) is 67.7 cm³/mol. The number of nitrogens with zero attached hydrogens (tertiary/aromatic N) is 1. The molecule has 0 spiro atoms. The Morgan fingerprint density at radius 1 is 1.41 bits per heavy atom. The third kappa shape index (κ3) is 2.88. The van der Waals surface area contributed by atoms with Gasteiger partial charge in [-0.05, 0) is 38.0 Å². The number of ether oxygens (including phenoxy) is 1. The van der Waals surface area contributed by atoms with Crippen LogP contribution in [0.15, 0.2) is 18.2 Å². The van der Waals surface area contributed by atoms with Crippen LogP contribution in [0.1, 0.15) is 19.8 Å². The third-order valence-corrected chi connectivity index (χ3v) is 3.16. The van der Waals surface area contributed by atoms with Crippen molar-refractivity contribution >= 4 is 11.4 Å². The van der Waals surface area contributed by atoms with Gasteiger partial charge in [0.1, 0.15) is 5.82 Å². The fourth-order valence-corrected chi connectivity index (χ4v) is 2.28. The molecule has 0 atom stereocenters. The molecule has 0 unspecified atom stereocenters. The van der Waals surface area contributed by atoms with Crippen LogP contribution in [-0.2, 0) is 4.74 Å². The second-order valence-electron chi connectivity index (χ2n) is 4.35. The molecule has 3 nitrogen and oxygen atoms in total. The van der Waals surface area contributed by atoms with Crippen LogP contribution in [0.3, 0.4) is 0 Å². The van der Waals surface area contributed by atoms with E-state index < -0.39 is 0 Å². The van der Waals surface area contributed by atoms with E-state index in [4.69, 9.17) is 10.5 Å². The van der Waals surface area contributed by atoms with Crippen molar-refractivity contribution in [2.75, 3.05) is 30.3 Å². The Labute approximate surface area is 101 Å². The summed E-state index contributed by atoms with van der Waals surface area (Å²) in [7, 11) is 0. The van der Waals surface area contributed by atoms with Crippen LogP contribution >= 0.6 is 0 Å². The lowest BCUT2D eigenvalue weighted by atomic mass is 10.1. The van der Waals surface area contributed by atoms with E-state index in [-0.39, 0.29) is 5.82 Å². The number of rotatable bonds is 3. The van der Waals surface area contributed by atoms with Gasteiger partial charge in [-0.2, -0.15) is 0 Å². The van der Waals surface area contributed by atoms with Gasteiger partial charge in [0.2, 0.25) is 0 Å². The number of hydrogen-bond donors (Lipinski definition) is 1. The predicted octanol–water partition coefficient (Wildman–Crippen LogP) is 2.41. The second-order valence-corrected chi connectivity index (χ2v) is 4.35. The Hall–Kier alpha value is -1.29. The maximum Gasteiger partial charge on any atom is 0.148 e. The maximum atomic E-state index is 13.7. The normalized spacial score (nSPS) is 17.4. The molecule has 94 valence electrons. The van der Waals surface area contributed by atoms with Crippen molar-refractivity contribution in [1.29, 1.82) is 0 Å². The molecule has 0 aliphatic carbocycles. The van der Waals surface area contributed by atoms with Crippen LogP contribution in [-0.4, -0.2) is 25.8 Å². The van der Waals surface area contributed by atoms with Gasteiger partial charge >= 0.3 is 0 Å². The molecule has 1 heterocycles. The molecule has 1 aliphatic rings. The summed E-state index contributed by atoms with van der Waals surface area (Å²) < 4.78 is 19.3. The van der Waals surface area contributed by atoms with Crippen molar-refractivity contribution in [3.05, 3.63) is 24.0 Å². The first kappa shape index (κ1) is 12.2. The number of nitrogens with two attached hydrogens (primary N) is 1. The average Bonchev–Trinajstić information content (AvgIpc) is 2.31. The smallest absolute Gasteiger partial charge is 0.148 e. The minimum Gasteiger partial charge on any atom is -0.399 e. The lowest BCUT2D eigenvalue weighted by Gasteiger charge is -2.33. The van der Waals surface area contributed by atoms with E-state index in [0.717, 1.165) is 32.5 Å². The molecule has 2 rings (SSSR count). The highest BCUT2D eigenvalue weighted by molar-refractivity contribution is 5.54. The SMILES string of the molecule is CCOC1CCN(c2ccc(N)cc2F)CC1. The molecule has 1 fully saturated rings. The van der Waals surface area contributed by atoms with Gasteiger partial charge in [0, 0.05) is 25.4 Å². The highest BCUT2D eigenvalue weighted by Gasteiger charge is 2.21. The molecule has 0 radical (unpaired) electrons. The number of benzene rings is 1. The van der Waals surface area contributed by atoms with E-state index in [1.165, 1.54) is 6.07 Å². The van der Waals surface area contributed by atoms with Gasteiger partial charge in [-0.15, -0.1) is 0 Å². The lowest BCUT2D eigenvalue weighted by Crippen LogP contribution is -2.37. The van der Waals surface area contributed by atoms with Crippen LogP contribution in [0.5, 0.6) is 0 Å². The van der Waals surface area contributed by atoms with E-state index in [1.807, 2.05) is 6.92 Å². The Balaban J connectivity index is 2.00. The molecule has 0 saturated carbocycles. The first-order valence-corrected chi connectivity index (χ1v) is 6.12. The summed E-state index contributed by atoms with van der Waals surface area (Å²) in [4.78, 5) is 2.06. The second kappa shape index (κ2) is 5.36. The first-order chi connectivity index (χ1) is 8.20. The summed E-state index contributed by atoms with van der Waals surface area (Å²) in [6.45, 7) is 4.43. The van der Waals surface area contributed by atoms with E-state index in [9.17, 15) is 4.39 Å². The number of nitrogen functional groups attached to an aromatic ring is 1. The van der Waals surface area contributed by atoms with E-state index in [0.29, 0.717) is 17.5 Å². The van der Waals surface area contributed by atoms with Crippen molar-refractivity contribution in [1.82, 2.24) is 0 Å².